The molecule has 0 amide bonds. The minimum Gasteiger partial charge on any atom is -0.460 e. The molecule has 0 unspecified atom stereocenters. The first-order valence-electron chi connectivity index (χ1n) is 7.26. The fourth-order valence-corrected chi connectivity index (χ4v) is 2.97. The number of nitrogens with zero attached hydrogens (tertiary/aromatic N) is 2. The molecule has 0 saturated carbocycles. The van der Waals surface area contributed by atoms with Gasteiger partial charge in [0.2, 0.25) is 5.95 Å². The Balaban J connectivity index is 1.58. The number of furan rings is 1. The molecule has 6 nitrogen and oxygen atoms in total. The number of benzene rings is 1. The van der Waals surface area contributed by atoms with Gasteiger partial charge in [0.25, 0.3) is 5.56 Å². The van der Waals surface area contributed by atoms with Crippen LogP contribution in [0.5, 0.6) is 0 Å². The number of nitrogens with two attached hydrogens (primary N) is 1. The first kappa shape index (κ1) is 13.1. The van der Waals surface area contributed by atoms with Crippen molar-refractivity contribution in [2.75, 3.05) is 12.3 Å². The Labute approximate surface area is 126 Å². The molecule has 0 aliphatic carbocycles. The summed E-state index contributed by atoms with van der Waals surface area (Å²) in [5.74, 6) is 1.10. The molecule has 1 aliphatic rings. The number of para-hydroxylation sites is 1. The van der Waals surface area contributed by atoms with E-state index in [0.29, 0.717) is 18.7 Å². The Hall–Kier alpha value is -2.60. The lowest BCUT2D eigenvalue weighted by Crippen LogP contribution is -2.35. The third-order valence-electron chi connectivity index (χ3n) is 4.02. The summed E-state index contributed by atoms with van der Waals surface area (Å²) >= 11 is 0. The highest BCUT2D eigenvalue weighted by Crippen LogP contribution is 2.22. The summed E-state index contributed by atoms with van der Waals surface area (Å²) in [5, 5.41) is 1.10. The van der Waals surface area contributed by atoms with Crippen molar-refractivity contribution in [3.8, 4) is 0 Å². The normalized spacial score (nSPS) is 15.1. The van der Waals surface area contributed by atoms with E-state index in [1.807, 2.05) is 24.3 Å². The zero-order chi connectivity index (χ0) is 15.1. The number of nitrogen functional groups attached to an aromatic ring is 1. The number of rotatable bonds is 2. The number of aromatic nitrogens is 2. The van der Waals surface area contributed by atoms with Crippen molar-refractivity contribution in [1.82, 2.24) is 14.9 Å². The molecule has 22 heavy (non-hydrogen) atoms. The first-order chi connectivity index (χ1) is 10.7. The van der Waals surface area contributed by atoms with Crippen molar-refractivity contribution in [1.29, 1.82) is 0 Å². The molecule has 0 bridgehead atoms. The molecule has 0 atom stereocenters. The van der Waals surface area contributed by atoms with E-state index in [9.17, 15) is 4.79 Å². The SMILES string of the molecule is Nc1nc2c(c(=O)[nH]1)CN(Cc1cc3ccccc3o1)CC2. The van der Waals surface area contributed by atoms with Crippen LogP contribution >= 0.6 is 0 Å². The Morgan fingerprint density at radius 2 is 2.23 bits per heavy atom. The maximum atomic E-state index is 12.0. The van der Waals surface area contributed by atoms with E-state index >= 15 is 0 Å². The standard InChI is InChI=1S/C16H16N4O2/c17-16-18-13-5-6-20(9-12(13)15(21)19-16)8-11-7-10-3-1-2-4-14(10)22-11/h1-4,7H,5-6,8-9H2,(H3,17,18,19,21). The van der Waals surface area contributed by atoms with Crippen LogP contribution in [0.15, 0.2) is 39.5 Å². The number of aromatic amines is 1. The highest BCUT2D eigenvalue weighted by molar-refractivity contribution is 5.77. The molecule has 0 saturated heterocycles. The molecule has 0 fully saturated rings. The van der Waals surface area contributed by atoms with E-state index < -0.39 is 0 Å². The molecule has 4 rings (SSSR count). The van der Waals surface area contributed by atoms with Crippen molar-refractivity contribution in [3.05, 3.63) is 57.7 Å². The zero-order valence-electron chi connectivity index (χ0n) is 12.0. The third kappa shape index (κ3) is 2.27. The molecule has 0 spiro atoms. The summed E-state index contributed by atoms with van der Waals surface area (Å²) in [4.78, 5) is 21.0. The number of hydrogen-bond acceptors (Lipinski definition) is 5. The first-order valence-corrected chi connectivity index (χ1v) is 7.26. The number of hydrogen-bond donors (Lipinski definition) is 2. The molecule has 6 heteroatoms. The number of fused-ring (bicyclic) bond motifs is 2. The fourth-order valence-electron chi connectivity index (χ4n) is 2.97. The lowest BCUT2D eigenvalue weighted by Gasteiger charge is -2.26. The molecular formula is C16H16N4O2. The van der Waals surface area contributed by atoms with Crippen molar-refractivity contribution >= 4 is 16.9 Å². The van der Waals surface area contributed by atoms with Crippen LogP contribution in [-0.4, -0.2) is 21.4 Å². The van der Waals surface area contributed by atoms with Gasteiger partial charge in [-0.3, -0.25) is 14.7 Å². The second kappa shape index (κ2) is 4.99. The Bertz CT molecular complexity index is 864. The van der Waals surface area contributed by atoms with Crippen molar-refractivity contribution in [3.63, 3.8) is 0 Å². The van der Waals surface area contributed by atoms with Crippen molar-refractivity contribution < 1.29 is 4.42 Å². The van der Waals surface area contributed by atoms with Gasteiger partial charge in [-0.2, -0.15) is 0 Å². The third-order valence-corrected chi connectivity index (χ3v) is 4.02. The van der Waals surface area contributed by atoms with Crippen molar-refractivity contribution in [2.45, 2.75) is 19.5 Å². The minimum absolute atomic E-state index is 0.142. The predicted molar refractivity (Wildman–Crippen MR) is 83.3 cm³/mol. The average Bonchev–Trinajstić information content (AvgIpc) is 2.90. The quantitative estimate of drug-likeness (QED) is 0.751. The van der Waals surface area contributed by atoms with Crippen LogP contribution < -0.4 is 11.3 Å². The Kier molecular flexibility index (Phi) is 2.97. The number of H-pyrrole nitrogens is 1. The second-order valence-corrected chi connectivity index (χ2v) is 5.59. The highest BCUT2D eigenvalue weighted by atomic mass is 16.3. The van der Waals surface area contributed by atoms with Gasteiger partial charge in [-0.1, -0.05) is 18.2 Å². The van der Waals surface area contributed by atoms with Gasteiger partial charge in [-0.05, 0) is 12.1 Å². The molecule has 1 aromatic carbocycles. The van der Waals surface area contributed by atoms with Crippen LogP contribution in [0.2, 0.25) is 0 Å². The molecule has 112 valence electrons. The van der Waals surface area contributed by atoms with Crippen LogP contribution in [0.25, 0.3) is 11.0 Å². The van der Waals surface area contributed by atoms with E-state index in [2.05, 4.69) is 20.9 Å². The van der Waals surface area contributed by atoms with Crippen LogP contribution in [0.4, 0.5) is 5.95 Å². The van der Waals surface area contributed by atoms with E-state index in [-0.39, 0.29) is 11.5 Å². The smallest absolute Gasteiger partial charge is 0.257 e. The van der Waals surface area contributed by atoms with Gasteiger partial charge in [0.1, 0.15) is 11.3 Å². The summed E-state index contributed by atoms with van der Waals surface area (Å²) in [6, 6.07) is 10.0. The van der Waals surface area contributed by atoms with Crippen LogP contribution in [0.1, 0.15) is 17.0 Å². The number of anilines is 1. The summed E-state index contributed by atoms with van der Waals surface area (Å²) in [6.45, 7) is 2.08. The monoisotopic (exact) mass is 296 g/mol. The van der Waals surface area contributed by atoms with Gasteiger partial charge >= 0.3 is 0 Å². The van der Waals surface area contributed by atoms with Crippen molar-refractivity contribution in [2.24, 2.45) is 0 Å². The lowest BCUT2D eigenvalue weighted by atomic mass is 10.1. The van der Waals surface area contributed by atoms with Crippen LogP contribution in [0.3, 0.4) is 0 Å². The molecule has 2 aromatic heterocycles. The molecule has 0 radical (unpaired) electrons. The van der Waals surface area contributed by atoms with Crippen LogP contribution in [-0.2, 0) is 19.5 Å². The average molecular weight is 296 g/mol. The van der Waals surface area contributed by atoms with Gasteiger partial charge in [0.15, 0.2) is 0 Å². The maximum Gasteiger partial charge on any atom is 0.257 e. The predicted octanol–water partition coefficient (Wildman–Crippen LogP) is 1.66. The number of nitrogens with one attached hydrogen (secondary N) is 1. The largest absolute Gasteiger partial charge is 0.460 e. The molecule has 3 N–H and O–H groups in total. The summed E-state index contributed by atoms with van der Waals surface area (Å²) in [7, 11) is 0. The van der Waals surface area contributed by atoms with E-state index in [4.69, 9.17) is 10.2 Å². The highest BCUT2D eigenvalue weighted by Gasteiger charge is 2.21. The van der Waals surface area contributed by atoms with Gasteiger partial charge in [0.05, 0.1) is 17.8 Å². The van der Waals surface area contributed by atoms with Gasteiger partial charge in [-0.15, -0.1) is 0 Å². The second-order valence-electron chi connectivity index (χ2n) is 5.59. The molecule has 3 aromatic rings. The molecular weight excluding hydrogens is 280 g/mol. The Morgan fingerprint density at radius 1 is 1.36 bits per heavy atom. The minimum atomic E-state index is -0.142. The van der Waals surface area contributed by atoms with Gasteiger partial charge < -0.3 is 10.2 Å². The van der Waals surface area contributed by atoms with E-state index in [0.717, 1.165) is 35.4 Å². The molecule has 1 aliphatic heterocycles. The molecule has 3 heterocycles. The van der Waals surface area contributed by atoms with E-state index in [1.54, 1.807) is 0 Å². The van der Waals surface area contributed by atoms with Gasteiger partial charge in [0, 0.05) is 24.9 Å². The van der Waals surface area contributed by atoms with Gasteiger partial charge in [-0.25, -0.2) is 4.98 Å². The lowest BCUT2D eigenvalue weighted by molar-refractivity contribution is 0.224. The Morgan fingerprint density at radius 3 is 3.09 bits per heavy atom. The van der Waals surface area contributed by atoms with Crippen LogP contribution in [0, 0.1) is 0 Å². The summed E-state index contributed by atoms with van der Waals surface area (Å²) < 4.78 is 5.84. The fraction of sp³-hybridized carbons (Fsp3) is 0.250. The maximum absolute atomic E-state index is 12.0. The topological polar surface area (TPSA) is 88.1 Å². The zero-order valence-corrected chi connectivity index (χ0v) is 12.0. The summed E-state index contributed by atoms with van der Waals surface area (Å²) in [5.41, 5.74) is 7.85. The summed E-state index contributed by atoms with van der Waals surface area (Å²) in [6.07, 6.45) is 0.726. The van der Waals surface area contributed by atoms with E-state index in [1.165, 1.54) is 0 Å².